The van der Waals surface area contributed by atoms with Gasteiger partial charge in [-0.2, -0.15) is 4.98 Å². The monoisotopic (exact) mass is 210 g/mol. The van der Waals surface area contributed by atoms with Crippen LogP contribution in [0.5, 0.6) is 0 Å². The molecular weight excluding hydrogens is 196 g/mol. The first-order valence-corrected chi connectivity index (χ1v) is 5.10. The molecule has 0 unspecified atom stereocenters. The number of aromatic nitrogens is 2. The van der Waals surface area contributed by atoms with Gasteiger partial charge in [0.2, 0.25) is 0 Å². The van der Waals surface area contributed by atoms with Gasteiger partial charge in [-0.1, -0.05) is 11.6 Å². The summed E-state index contributed by atoms with van der Waals surface area (Å²) in [4.78, 5) is 16.9. The number of rotatable bonds is 3. The Morgan fingerprint density at radius 2 is 2.13 bits per heavy atom. The van der Waals surface area contributed by atoms with Crippen molar-refractivity contribution < 1.29 is 9.32 Å². The van der Waals surface area contributed by atoms with E-state index in [1.807, 2.05) is 0 Å². The number of primary amides is 1. The summed E-state index contributed by atoms with van der Waals surface area (Å²) >= 11 is 0. The highest BCUT2D eigenvalue weighted by Gasteiger charge is 2.15. The average Bonchev–Trinajstić information content (AvgIpc) is 2.68. The molecule has 6 nitrogen and oxygen atoms in total. The summed E-state index contributed by atoms with van der Waals surface area (Å²) in [5, 5.41) is 3.70. The fourth-order valence-corrected chi connectivity index (χ4v) is 1.74. The minimum atomic E-state index is -0.674. The van der Waals surface area contributed by atoms with Crippen molar-refractivity contribution >= 4 is 5.91 Å². The van der Waals surface area contributed by atoms with Crippen LogP contribution in [0.15, 0.2) is 4.52 Å². The molecule has 1 amide bonds. The zero-order valence-electron chi connectivity index (χ0n) is 8.48. The van der Waals surface area contributed by atoms with E-state index in [0.717, 1.165) is 13.1 Å². The fraction of sp³-hybridized carbons (Fsp3) is 0.667. The van der Waals surface area contributed by atoms with E-state index in [1.165, 1.54) is 19.3 Å². The number of carbonyl (C=O) groups excluding carboxylic acids is 1. The molecule has 1 aliphatic rings. The average molecular weight is 210 g/mol. The molecule has 1 aromatic heterocycles. The summed E-state index contributed by atoms with van der Waals surface area (Å²) in [5.74, 6) is -0.250. The Labute approximate surface area is 87.4 Å². The van der Waals surface area contributed by atoms with Gasteiger partial charge in [-0.3, -0.25) is 9.69 Å². The van der Waals surface area contributed by atoms with Gasteiger partial charge in [0.15, 0.2) is 5.82 Å². The third kappa shape index (κ3) is 2.53. The van der Waals surface area contributed by atoms with E-state index in [9.17, 15) is 4.79 Å². The number of nitrogens with zero attached hydrogens (tertiary/aromatic N) is 3. The maximum atomic E-state index is 10.7. The van der Waals surface area contributed by atoms with Gasteiger partial charge in [0, 0.05) is 0 Å². The number of likely N-dealkylation sites (tertiary alicyclic amines) is 1. The fourth-order valence-electron chi connectivity index (χ4n) is 1.74. The van der Waals surface area contributed by atoms with Gasteiger partial charge < -0.3 is 10.3 Å². The van der Waals surface area contributed by atoms with Crippen LogP contribution >= 0.6 is 0 Å². The van der Waals surface area contributed by atoms with Crippen LogP contribution in [0.1, 0.15) is 35.8 Å². The van der Waals surface area contributed by atoms with Crippen LogP contribution < -0.4 is 5.73 Å². The van der Waals surface area contributed by atoms with Gasteiger partial charge in [-0.05, 0) is 25.9 Å². The van der Waals surface area contributed by atoms with E-state index in [-0.39, 0.29) is 5.89 Å². The van der Waals surface area contributed by atoms with Crippen LogP contribution in [0.2, 0.25) is 0 Å². The number of hydrogen-bond acceptors (Lipinski definition) is 5. The zero-order chi connectivity index (χ0) is 10.7. The molecule has 2 rings (SSSR count). The molecule has 1 aromatic rings. The molecule has 1 saturated heterocycles. The van der Waals surface area contributed by atoms with E-state index in [2.05, 4.69) is 15.0 Å². The third-order valence-corrected chi connectivity index (χ3v) is 2.49. The Kier molecular flexibility index (Phi) is 2.96. The first-order valence-electron chi connectivity index (χ1n) is 5.10. The molecule has 1 fully saturated rings. The predicted octanol–water partition coefficient (Wildman–Crippen LogP) is 0.154. The third-order valence-electron chi connectivity index (χ3n) is 2.49. The smallest absolute Gasteiger partial charge is 0.315 e. The molecule has 15 heavy (non-hydrogen) atoms. The van der Waals surface area contributed by atoms with E-state index in [0.29, 0.717) is 12.4 Å². The lowest BCUT2D eigenvalue weighted by Crippen LogP contribution is -2.29. The number of hydrogen-bond donors (Lipinski definition) is 1. The first kappa shape index (κ1) is 10.1. The topological polar surface area (TPSA) is 85.3 Å². The molecule has 0 bridgehead atoms. The van der Waals surface area contributed by atoms with Gasteiger partial charge >= 0.3 is 11.8 Å². The van der Waals surface area contributed by atoms with Crippen molar-refractivity contribution in [1.82, 2.24) is 15.0 Å². The number of nitrogens with two attached hydrogens (primary N) is 1. The molecule has 2 heterocycles. The summed E-state index contributed by atoms with van der Waals surface area (Å²) in [6.45, 7) is 2.75. The largest absolute Gasteiger partial charge is 0.361 e. The van der Waals surface area contributed by atoms with Gasteiger partial charge in [0.05, 0.1) is 6.54 Å². The van der Waals surface area contributed by atoms with Crippen LogP contribution in [-0.2, 0) is 6.54 Å². The number of piperidine rings is 1. The summed E-state index contributed by atoms with van der Waals surface area (Å²) in [6, 6.07) is 0. The molecule has 0 saturated carbocycles. The predicted molar refractivity (Wildman–Crippen MR) is 51.9 cm³/mol. The van der Waals surface area contributed by atoms with Gasteiger partial charge in [-0.25, -0.2) is 0 Å². The van der Waals surface area contributed by atoms with E-state index in [1.54, 1.807) is 0 Å². The van der Waals surface area contributed by atoms with Crippen molar-refractivity contribution in [1.29, 1.82) is 0 Å². The standard InChI is InChI=1S/C9H14N4O2/c10-8(14)9-11-7(12-15-9)6-13-4-2-1-3-5-13/h1-6H2,(H2,10,14). The summed E-state index contributed by atoms with van der Waals surface area (Å²) in [5.41, 5.74) is 5.01. The van der Waals surface area contributed by atoms with Crippen molar-refractivity contribution in [2.75, 3.05) is 13.1 Å². The molecule has 0 atom stereocenters. The molecule has 0 aromatic carbocycles. The molecule has 2 N–H and O–H groups in total. The van der Waals surface area contributed by atoms with Crippen LogP contribution in [0.4, 0.5) is 0 Å². The molecule has 82 valence electrons. The highest BCUT2D eigenvalue weighted by Crippen LogP contribution is 2.11. The van der Waals surface area contributed by atoms with E-state index < -0.39 is 5.91 Å². The Hall–Kier alpha value is -1.43. The van der Waals surface area contributed by atoms with Crippen LogP contribution in [0, 0.1) is 0 Å². The van der Waals surface area contributed by atoms with Gasteiger partial charge in [0.1, 0.15) is 0 Å². The van der Waals surface area contributed by atoms with Crippen molar-refractivity contribution in [3.8, 4) is 0 Å². The lowest BCUT2D eigenvalue weighted by Gasteiger charge is -2.24. The second-order valence-corrected chi connectivity index (χ2v) is 3.72. The molecule has 0 radical (unpaired) electrons. The second-order valence-electron chi connectivity index (χ2n) is 3.72. The highest BCUT2D eigenvalue weighted by molar-refractivity contribution is 5.87. The van der Waals surface area contributed by atoms with Gasteiger partial charge in [0.25, 0.3) is 0 Å². The lowest BCUT2D eigenvalue weighted by molar-refractivity contribution is 0.0958. The highest BCUT2D eigenvalue weighted by atomic mass is 16.5. The minimum absolute atomic E-state index is 0.109. The van der Waals surface area contributed by atoms with Crippen LogP contribution in [0.25, 0.3) is 0 Å². The summed E-state index contributed by atoms with van der Waals surface area (Å²) < 4.78 is 4.71. The zero-order valence-corrected chi connectivity index (χ0v) is 8.48. The Morgan fingerprint density at radius 1 is 1.40 bits per heavy atom. The normalized spacial score (nSPS) is 17.9. The Balaban J connectivity index is 1.94. The molecule has 0 aliphatic carbocycles. The Morgan fingerprint density at radius 3 is 2.73 bits per heavy atom. The molecule has 0 spiro atoms. The number of amides is 1. The van der Waals surface area contributed by atoms with Crippen LogP contribution in [0.3, 0.4) is 0 Å². The summed E-state index contributed by atoms with van der Waals surface area (Å²) in [7, 11) is 0. The van der Waals surface area contributed by atoms with E-state index >= 15 is 0 Å². The van der Waals surface area contributed by atoms with Crippen molar-refractivity contribution in [3.63, 3.8) is 0 Å². The van der Waals surface area contributed by atoms with Crippen molar-refractivity contribution in [3.05, 3.63) is 11.7 Å². The lowest BCUT2D eigenvalue weighted by atomic mass is 10.1. The van der Waals surface area contributed by atoms with Crippen LogP contribution in [-0.4, -0.2) is 34.0 Å². The van der Waals surface area contributed by atoms with Crippen molar-refractivity contribution in [2.45, 2.75) is 25.8 Å². The quantitative estimate of drug-likeness (QED) is 0.767. The molecule has 6 heteroatoms. The number of carbonyl (C=O) groups is 1. The first-order chi connectivity index (χ1) is 7.25. The van der Waals surface area contributed by atoms with Crippen molar-refractivity contribution in [2.24, 2.45) is 5.73 Å². The maximum Gasteiger partial charge on any atom is 0.315 e. The molecule has 1 aliphatic heterocycles. The van der Waals surface area contributed by atoms with Gasteiger partial charge in [-0.15, -0.1) is 0 Å². The summed E-state index contributed by atoms with van der Waals surface area (Å²) in [6.07, 6.45) is 3.70. The second kappa shape index (κ2) is 4.39. The SMILES string of the molecule is NC(=O)c1nc(CN2CCCCC2)no1. The Bertz CT molecular complexity index is 344. The maximum absolute atomic E-state index is 10.7. The molecular formula is C9H14N4O2. The minimum Gasteiger partial charge on any atom is -0.361 e. The van der Waals surface area contributed by atoms with E-state index in [4.69, 9.17) is 10.3 Å².